The molecule has 0 amide bonds. The van der Waals surface area contributed by atoms with Gasteiger partial charge < -0.3 is 19.5 Å². The molecule has 1 saturated heterocycles. The molecule has 1 fully saturated rings. The lowest BCUT2D eigenvalue weighted by Crippen LogP contribution is -2.47. The van der Waals surface area contributed by atoms with Crippen LogP contribution in [0.15, 0.2) is 18.2 Å². The molecule has 0 radical (unpaired) electrons. The van der Waals surface area contributed by atoms with Crippen LogP contribution in [-0.4, -0.2) is 41.3 Å². The monoisotopic (exact) mass is 346 g/mol. The number of hydrogen-bond acceptors (Lipinski definition) is 4. The van der Waals surface area contributed by atoms with Crippen LogP contribution >= 0.6 is 0 Å². The van der Waals surface area contributed by atoms with Crippen LogP contribution < -0.4 is 5.46 Å². The molecule has 1 heterocycles. The summed E-state index contributed by atoms with van der Waals surface area (Å²) in [5.74, 6) is 0. The summed E-state index contributed by atoms with van der Waals surface area (Å²) < 4.78 is 51.3. The Balaban J connectivity index is 2.48. The van der Waals surface area contributed by atoms with Gasteiger partial charge in [0, 0.05) is 0 Å². The van der Waals surface area contributed by atoms with Crippen molar-refractivity contribution in [1.29, 1.82) is 0 Å². The molecule has 1 aromatic rings. The molecule has 4 nitrogen and oxygen atoms in total. The minimum Gasteiger partial charge on any atom is -0.399 e. The molecule has 0 aromatic heterocycles. The molecule has 1 aromatic carbocycles. The molecule has 24 heavy (non-hydrogen) atoms. The van der Waals surface area contributed by atoms with Gasteiger partial charge in [0.25, 0.3) is 0 Å². The maximum atomic E-state index is 13.2. The maximum Gasteiger partial charge on any atom is 0.495 e. The van der Waals surface area contributed by atoms with Crippen molar-refractivity contribution in [2.75, 3.05) is 6.61 Å². The largest absolute Gasteiger partial charge is 0.495 e. The van der Waals surface area contributed by atoms with E-state index < -0.39 is 42.3 Å². The van der Waals surface area contributed by atoms with Gasteiger partial charge in [0.1, 0.15) is 0 Å². The number of hydrogen-bond donors (Lipinski definition) is 2. The Morgan fingerprint density at radius 1 is 1.08 bits per heavy atom. The lowest BCUT2D eigenvalue weighted by Gasteiger charge is -2.32. The highest BCUT2D eigenvalue weighted by molar-refractivity contribution is 6.62. The SMILES string of the molecule is Cc1ccc([C@](O)(CO)C(F)(F)F)cc1B1OC(C)(C)C(C)(C)O1. The molecule has 1 atom stereocenters. The number of aliphatic hydroxyl groups is 2. The summed E-state index contributed by atoms with van der Waals surface area (Å²) in [6.07, 6.45) is -5.01. The maximum absolute atomic E-state index is 13.2. The van der Waals surface area contributed by atoms with E-state index >= 15 is 0 Å². The smallest absolute Gasteiger partial charge is 0.399 e. The van der Waals surface area contributed by atoms with Gasteiger partial charge in [-0.05, 0) is 45.6 Å². The van der Waals surface area contributed by atoms with E-state index in [1.54, 1.807) is 6.92 Å². The Hall–Kier alpha value is -1.09. The van der Waals surface area contributed by atoms with Gasteiger partial charge in [-0.2, -0.15) is 13.2 Å². The van der Waals surface area contributed by atoms with E-state index in [0.29, 0.717) is 11.0 Å². The first-order chi connectivity index (χ1) is 10.7. The standard InChI is InChI=1S/C16H22BF3O4/c1-10-6-7-11(15(22,9-21)16(18,19)20)8-12(10)17-23-13(2,3)14(4,5)24-17/h6-8,21-22H,9H2,1-5H3/t15-/m1/s1. The van der Waals surface area contributed by atoms with Crippen molar-refractivity contribution in [2.45, 2.75) is 57.6 Å². The number of alkyl halides is 3. The summed E-state index contributed by atoms with van der Waals surface area (Å²) >= 11 is 0. The average molecular weight is 346 g/mol. The number of benzene rings is 1. The van der Waals surface area contributed by atoms with Crippen molar-refractivity contribution in [3.8, 4) is 0 Å². The molecule has 2 rings (SSSR count). The number of halogens is 3. The Labute approximate surface area is 139 Å². The third-order valence-electron chi connectivity index (χ3n) is 4.96. The summed E-state index contributed by atoms with van der Waals surface area (Å²) in [6.45, 7) is 7.61. The first kappa shape index (κ1) is 19.2. The number of aliphatic hydroxyl groups excluding tert-OH is 1. The van der Waals surface area contributed by atoms with E-state index in [1.807, 2.05) is 27.7 Å². The molecule has 0 aliphatic carbocycles. The van der Waals surface area contributed by atoms with Crippen molar-refractivity contribution in [1.82, 2.24) is 0 Å². The fourth-order valence-corrected chi connectivity index (χ4v) is 2.47. The van der Waals surface area contributed by atoms with E-state index in [4.69, 9.17) is 14.4 Å². The molecule has 8 heteroatoms. The number of aryl methyl sites for hydroxylation is 1. The quantitative estimate of drug-likeness (QED) is 0.823. The first-order valence-corrected chi connectivity index (χ1v) is 7.62. The number of rotatable bonds is 3. The third kappa shape index (κ3) is 2.96. The predicted octanol–water partition coefficient (Wildman–Crippen LogP) is 2.04. The fraction of sp³-hybridized carbons (Fsp3) is 0.625. The molecule has 1 aliphatic heterocycles. The fourth-order valence-electron chi connectivity index (χ4n) is 2.47. The Morgan fingerprint density at radius 2 is 1.58 bits per heavy atom. The predicted molar refractivity (Wildman–Crippen MR) is 83.9 cm³/mol. The molecule has 0 spiro atoms. The second kappa shape index (κ2) is 5.73. The van der Waals surface area contributed by atoms with Gasteiger partial charge in [0.2, 0.25) is 5.60 Å². The highest BCUT2D eigenvalue weighted by Crippen LogP contribution is 2.40. The summed E-state index contributed by atoms with van der Waals surface area (Å²) in [5.41, 5.74) is -4.01. The van der Waals surface area contributed by atoms with Crippen LogP contribution in [0.25, 0.3) is 0 Å². The van der Waals surface area contributed by atoms with Gasteiger partial charge in [0.05, 0.1) is 17.8 Å². The zero-order chi connectivity index (χ0) is 18.6. The van der Waals surface area contributed by atoms with Gasteiger partial charge in [-0.3, -0.25) is 0 Å². The van der Waals surface area contributed by atoms with Crippen LogP contribution in [0.3, 0.4) is 0 Å². The second-order valence-corrected chi connectivity index (χ2v) is 7.18. The zero-order valence-corrected chi connectivity index (χ0v) is 14.4. The van der Waals surface area contributed by atoms with Crippen LogP contribution in [0, 0.1) is 6.92 Å². The van der Waals surface area contributed by atoms with E-state index in [9.17, 15) is 18.3 Å². The molecular formula is C16H22BF3O4. The molecule has 2 N–H and O–H groups in total. The lowest BCUT2D eigenvalue weighted by atomic mass is 9.74. The van der Waals surface area contributed by atoms with Gasteiger partial charge in [-0.1, -0.05) is 23.8 Å². The average Bonchev–Trinajstić information content (AvgIpc) is 2.65. The van der Waals surface area contributed by atoms with E-state index in [0.717, 1.165) is 6.07 Å². The molecule has 0 saturated carbocycles. The Morgan fingerprint density at radius 3 is 2.00 bits per heavy atom. The van der Waals surface area contributed by atoms with E-state index in [1.165, 1.54) is 12.1 Å². The van der Waals surface area contributed by atoms with Crippen molar-refractivity contribution in [3.63, 3.8) is 0 Å². The van der Waals surface area contributed by atoms with Crippen LogP contribution in [0.5, 0.6) is 0 Å². The third-order valence-corrected chi connectivity index (χ3v) is 4.96. The van der Waals surface area contributed by atoms with Crippen LogP contribution in [0.4, 0.5) is 13.2 Å². The van der Waals surface area contributed by atoms with Crippen molar-refractivity contribution in [2.24, 2.45) is 0 Å². The molecule has 134 valence electrons. The summed E-state index contributed by atoms with van der Waals surface area (Å²) in [4.78, 5) is 0. The summed E-state index contributed by atoms with van der Waals surface area (Å²) in [5, 5.41) is 19.1. The zero-order valence-electron chi connectivity index (χ0n) is 14.4. The van der Waals surface area contributed by atoms with Crippen LogP contribution in [0.1, 0.15) is 38.8 Å². The van der Waals surface area contributed by atoms with Crippen molar-refractivity contribution >= 4 is 12.6 Å². The highest BCUT2D eigenvalue weighted by atomic mass is 19.4. The van der Waals surface area contributed by atoms with Crippen LogP contribution in [-0.2, 0) is 14.9 Å². The first-order valence-electron chi connectivity index (χ1n) is 7.62. The highest BCUT2D eigenvalue weighted by Gasteiger charge is 2.56. The topological polar surface area (TPSA) is 58.9 Å². The van der Waals surface area contributed by atoms with Gasteiger partial charge >= 0.3 is 13.3 Å². The second-order valence-electron chi connectivity index (χ2n) is 7.18. The van der Waals surface area contributed by atoms with E-state index in [2.05, 4.69) is 0 Å². The normalized spacial score (nSPS) is 22.5. The molecule has 0 bridgehead atoms. The Bertz CT molecular complexity index is 614. The van der Waals surface area contributed by atoms with Gasteiger partial charge in [-0.25, -0.2) is 0 Å². The summed E-state index contributed by atoms with van der Waals surface area (Å²) in [6, 6.07) is 3.77. The summed E-state index contributed by atoms with van der Waals surface area (Å²) in [7, 11) is -0.855. The van der Waals surface area contributed by atoms with Crippen molar-refractivity contribution in [3.05, 3.63) is 29.3 Å². The molecular weight excluding hydrogens is 324 g/mol. The minimum atomic E-state index is -5.01. The van der Waals surface area contributed by atoms with Crippen molar-refractivity contribution < 1.29 is 32.7 Å². The lowest BCUT2D eigenvalue weighted by molar-refractivity contribution is -0.277. The Kier molecular flexibility index (Phi) is 4.59. The molecule has 0 unspecified atom stereocenters. The minimum absolute atomic E-state index is 0.391. The van der Waals surface area contributed by atoms with Gasteiger partial charge in [0.15, 0.2) is 0 Å². The molecule has 1 aliphatic rings. The van der Waals surface area contributed by atoms with Gasteiger partial charge in [-0.15, -0.1) is 0 Å². The van der Waals surface area contributed by atoms with E-state index in [-0.39, 0.29) is 0 Å². The van der Waals surface area contributed by atoms with Crippen LogP contribution in [0.2, 0.25) is 0 Å².